The average Bonchev–Trinajstić information content (AvgIpc) is 3.35. The highest BCUT2D eigenvalue weighted by Gasteiger charge is 2.29. The molecular weight excluding hydrogens is 280 g/mol. The fourth-order valence-electron chi connectivity index (χ4n) is 2.15. The van der Waals surface area contributed by atoms with E-state index in [4.69, 9.17) is 0 Å². The van der Waals surface area contributed by atoms with Gasteiger partial charge < -0.3 is 15.7 Å². The summed E-state index contributed by atoms with van der Waals surface area (Å²) >= 11 is 0. The van der Waals surface area contributed by atoms with Gasteiger partial charge in [-0.2, -0.15) is 0 Å². The van der Waals surface area contributed by atoms with E-state index in [9.17, 15) is 14.7 Å². The van der Waals surface area contributed by atoms with Gasteiger partial charge in [-0.3, -0.25) is 9.59 Å². The Morgan fingerprint density at radius 2 is 1.73 bits per heavy atom. The molecule has 5 heteroatoms. The first kappa shape index (κ1) is 16.5. The van der Waals surface area contributed by atoms with Crippen LogP contribution in [-0.4, -0.2) is 30.0 Å². The smallest absolute Gasteiger partial charge is 0.239 e. The Balaban J connectivity index is 1.72. The van der Waals surface area contributed by atoms with Gasteiger partial charge in [0.15, 0.2) is 0 Å². The van der Waals surface area contributed by atoms with Crippen LogP contribution >= 0.6 is 0 Å². The van der Waals surface area contributed by atoms with Gasteiger partial charge in [-0.1, -0.05) is 38.1 Å². The van der Waals surface area contributed by atoms with Crippen molar-refractivity contribution in [3.8, 4) is 0 Å². The van der Waals surface area contributed by atoms with E-state index in [2.05, 4.69) is 24.5 Å². The second-order valence-corrected chi connectivity index (χ2v) is 6.13. The predicted octanol–water partition coefficient (Wildman–Crippen LogP) is 1.49. The number of benzene rings is 1. The van der Waals surface area contributed by atoms with Crippen LogP contribution in [0.1, 0.15) is 49.8 Å². The van der Waals surface area contributed by atoms with Crippen molar-refractivity contribution >= 4 is 11.8 Å². The molecule has 0 aromatic heterocycles. The number of aliphatic hydroxyl groups excluding tert-OH is 1. The Morgan fingerprint density at radius 1 is 1.14 bits per heavy atom. The minimum absolute atomic E-state index is 0.0334. The molecule has 0 heterocycles. The summed E-state index contributed by atoms with van der Waals surface area (Å²) in [7, 11) is 0. The quantitative estimate of drug-likeness (QED) is 0.714. The van der Waals surface area contributed by atoms with Crippen LogP contribution in [0, 0.1) is 5.92 Å². The first-order chi connectivity index (χ1) is 10.5. The number of aliphatic hydroxyl groups is 1. The molecule has 0 saturated heterocycles. The van der Waals surface area contributed by atoms with E-state index in [1.807, 2.05) is 24.3 Å². The van der Waals surface area contributed by atoms with Crippen molar-refractivity contribution in [2.75, 3.05) is 13.1 Å². The van der Waals surface area contributed by atoms with Gasteiger partial charge in [0.05, 0.1) is 12.6 Å². The Hall–Kier alpha value is -1.88. The van der Waals surface area contributed by atoms with Crippen LogP contribution in [0.25, 0.3) is 0 Å². The van der Waals surface area contributed by atoms with Gasteiger partial charge in [-0.15, -0.1) is 0 Å². The molecule has 120 valence electrons. The number of rotatable bonds is 7. The van der Waals surface area contributed by atoms with Crippen molar-refractivity contribution in [3.05, 3.63) is 35.4 Å². The first-order valence-electron chi connectivity index (χ1n) is 7.79. The SMILES string of the molecule is CC(C)c1ccc(C(O)CNC(=O)CNC(=O)C2CC2)cc1. The van der Waals surface area contributed by atoms with E-state index in [0.717, 1.165) is 18.4 Å². The summed E-state index contributed by atoms with van der Waals surface area (Å²) in [5.41, 5.74) is 1.98. The number of nitrogens with one attached hydrogen (secondary N) is 2. The molecule has 1 aliphatic rings. The number of amides is 2. The molecule has 22 heavy (non-hydrogen) atoms. The van der Waals surface area contributed by atoms with Crippen molar-refractivity contribution < 1.29 is 14.7 Å². The first-order valence-corrected chi connectivity index (χ1v) is 7.79. The molecule has 1 atom stereocenters. The van der Waals surface area contributed by atoms with Gasteiger partial charge in [-0.25, -0.2) is 0 Å². The highest BCUT2D eigenvalue weighted by Crippen LogP contribution is 2.28. The third-order valence-corrected chi connectivity index (χ3v) is 3.85. The summed E-state index contributed by atoms with van der Waals surface area (Å²) in [6, 6.07) is 7.73. The maximum Gasteiger partial charge on any atom is 0.239 e. The van der Waals surface area contributed by atoms with E-state index < -0.39 is 6.10 Å². The summed E-state index contributed by atoms with van der Waals surface area (Å²) in [4.78, 5) is 23.0. The van der Waals surface area contributed by atoms with Crippen molar-refractivity contribution in [1.29, 1.82) is 0 Å². The van der Waals surface area contributed by atoms with Gasteiger partial charge in [0, 0.05) is 12.5 Å². The normalized spacial score (nSPS) is 15.5. The predicted molar refractivity (Wildman–Crippen MR) is 84.2 cm³/mol. The number of hydrogen-bond donors (Lipinski definition) is 3. The van der Waals surface area contributed by atoms with Crippen molar-refractivity contribution in [2.45, 2.75) is 38.7 Å². The van der Waals surface area contributed by atoms with Crippen LogP contribution in [0.4, 0.5) is 0 Å². The molecule has 0 bridgehead atoms. The Morgan fingerprint density at radius 3 is 2.27 bits per heavy atom. The fraction of sp³-hybridized carbons (Fsp3) is 0.529. The topological polar surface area (TPSA) is 78.4 Å². The lowest BCUT2D eigenvalue weighted by Gasteiger charge is -2.14. The average molecular weight is 304 g/mol. The van der Waals surface area contributed by atoms with Gasteiger partial charge >= 0.3 is 0 Å². The van der Waals surface area contributed by atoms with Gasteiger partial charge in [0.25, 0.3) is 0 Å². The third kappa shape index (κ3) is 4.84. The summed E-state index contributed by atoms with van der Waals surface area (Å²) < 4.78 is 0. The Bertz CT molecular complexity index is 521. The molecule has 5 nitrogen and oxygen atoms in total. The molecule has 2 amide bonds. The summed E-state index contributed by atoms with van der Waals surface area (Å²) in [5.74, 6) is 0.200. The van der Waals surface area contributed by atoms with Crippen LogP contribution in [0.3, 0.4) is 0 Å². The van der Waals surface area contributed by atoms with E-state index in [-0.39, 0.29) is 30.8 Å². The zero-order chi connectivity index (χ0) is 16.1. The molecule has 0 spiro atoms. The highest BCUT2D eigenvalue weighted by molar-refractivity contribution is 5.86. The molecule has 2 rings (SSSR count). The van der Waals surface area contributed by atoms with Crippen molar-refractivity contribution in [3.63, 3.8) is 0 Å². The van der Waals surface area contributed by atoms with E-state index in [1.165, 1.54) is 5.56 Å². The van der Waals surface area contributed by atoms with Crippen molar-refractivity contribution in [2.24, 2.45) is 5.92 Å². The second kappa shape index (κ2) is 7.40. The highest BCUT2D eigenvalue weighted by atomic mass is 16.3. The fourth-order valence-corrected chi connectivity index (χ4v) is 2.15. The molecule has 1 aromatic rings. The van der Waals surface area contributed by atoms with Crippen molar-refractivity contribution in [1.82, 2.24) is 10.6 Å². The number of carbonyl (C=O) groups excluding carboxylic acids is 2. The minimum Gasteiger partial charge on any atom is -0.387 e. The molecule has 1 aliphatic carbocycles. The lowest BCUT2D eigenvalue weighted by molar-refractivity contribution is -0.127. The standard InChI is InChI=1S/C17H24N2O3/c1-11(2)12-3-5-13(6-4-12)15(20)9-18-16(21)10-19-17(22)14-7-8-14/h3-6,11,14-15,20H,7-10H2,1-2H3,(H,18,21)(H,19,22). The third-order valence-electron chi connectivity index (χ3n) is 3.85. The second-order valence-electron chi connectivity index (χ2n) is 6.13. The van der Waals surface area contributed by atoms with E-state index in [1.54, 1.807) is 0 Å². The lowest BCUT2D eigenvalue weighted by Crippen LogP contribution is -2.39. The zero-order valence-corrected chi connectivity index (χ0v) is 13.1. The van der Waals surface area contributed by atoms with Crippen LogP contribution in [0.15, 0.2) is 24.3 Å². The molecule has 1 aromatic carbocycles. The number of hydrogen-bond acceptors (Lipinski definition) is 3. The summed E-state index contributed by atoms with van der Waals surface area (Å²) in [5, 5.41) is 15.3. The molecule has 1 unspecified atom stereocenters. The molecule has 1 saturated carbocycles. The van der Waals surface area contributed by atoms with Crippen LogP contribution in [0.5, 0.6) is 0 Å². The molecule has 0 aliphatic heterocycles. The van der Waals surface area contributed by atoms with E-state index in [0.29, 0.717) is 5.92 Å². The Labute approximate surface area is 131 Å². The number of carbonyl (C=O) groups is 2. The molecule has 0 radical (unpaired) electrons. The molecule has 3 N–H and O–H groups in total. The lowest BCUT2D eigenvalue weighted by atomic mass is 10.00. The summed E-state index contributed by atoms with van der Waals surface area (Å²) in [6.45, 7) is 4.33. The maximum absolute atomic E-state index is 11.6. The molecular formula is C17H24N2O3. The van der Waals surface area contributed by atoms with Crippen LogP contribution in [0.2, 0.25) is 0 Å². The van der Waals surface area contributed by atoms with Crippen LogP contribution in [-0.2, 0) is 9.59 Å². The zero-order valence-electron chi connectivity index (χ0n) is 13.1. The van der Waals surface area contributed by atoms with Gasteiger partial charge in [0.1, 0.15) is 0 Å². The monoisotopic (exact) mass is 304 g/mol. The largest absolute Gasteiger partial charge is 0.387 e. The Kier molecular flexibility index (Phi) is 5.55. The molecule has 1 fully saturated rings. The summed E-state index contributed by atoms with van der Waals surface area (Å²) in [6.07, 6.45) is 1.08. The minimum atomic E-state index is -0.746. The van der Waals surface area contributed by atoms with E-state index >= 15 is 0 Å². The van der Waals surface area contributed by atoms with Gasteiger partial charge in [-0.05, 0) is 29.9 Å². The van der Waals surface area contributed by atoms with Crippen LogP contribution < -0.4 is 10.6 Å². The van der Waals surface area contributed by atoms with Gasteiger partial charge in [0.2, 0.25) is 11.8 Å². The maximum atomic E-state index is 11.6.